The van der Waals surface area contributed by atoms with Gasteiger partial charge >= 0.3 is 5.97 Å². The minimum atomic E-state index is -0.345. The molecule has 3 N–H and O–H groups in total. The van der Waals surface area contributed by atoms with Crippen LogP contribution in [0.1, 0.15) is 61.3 Å². The van der Waals surface area contributed by atoms with E-state index in [0.717, 1.165) is 62.4 Å². The summed E-state index contributed by atoms with van der Waals surface area (Å²) < 4.78 is 5.17. The number of rotatable bonds is 5. The summed E-state index contributed by atoms with van der Waals surface area (Å²) in [5.41, 5.74) is 10.8. The van der Waals surface area contributed by atoms with Crippen LogP contribution in [-0.2, 0) is 4.74 Å². The van der Waals surface area contributed by atoms with Gasteiger partial charge in [0.1, 0.15) is 5.69 Å². The molecular formula is C22H27N3O3. The van der Waals surface area contributed by atoms with Crippen LogP contribution in [0.4, 0.5) is 0 Å². The van der Waals surface area contributed by atoms with E-state index in [4.69, 9.17) is 4.74 Å². The van der Waals surface area contributed by atoms with Crippen molar-refractivity contribution in [3.63, 3.8) is 0 Å². The second-order valence-corrected chi connectivity index (χ2v) is 7.25. The van der Waals surface area contributed by atoms with E-state index in [-0.39, 0.29) is 5.97 Å². The second-order valence-electron chi connectivity index (χ2n) is 7.25. The fourth-order valence-corrected chi connectivity index (χ4v) is 3.61. The van der Waals surface area contributed by atoms with Crippen molar-refractivity contribution in [2.24, 2.45) is 0 Å². The van der Waals surface area contributed by atoms with Crippen LogP contribution in [0.25, 0.3) is 22.8 Å². The number of aromatic amines is 3. The van der Waals surface area contributed by atoms with Crippen LogP contribution < -0.4 is 0 Å². The lowest BCUT2D eigenvalue weighted by Gasteiger charge is -2.01. The Morgan fingerprint density at radius 3 is 1.71 bits per heavy atom. The minimum Gasteiger partial charge on any atom is -0.461 e. The van der Waals surface area contributed by atoms with Crippen LogP contribution in [-0.4, -0.2) is 33.8 Å². The van der Waals surface area contributed by atoms with Gasteiger partial charge in [0.05, 0.1) is 35.1 Å². The van der Waals surface area contributed by atoms with Crippen molar-refractivity contribution < 1.29 is 14.3 Å². The normalized spacial score (nSPS) is 11.1. The molecule has 0 unspecified atom stereocenters. The van der Waals surface area contributed by atoms with Gasteiger partial charge in [0.15, 0.2) is 6.29 Å². The van der Waals surface area contributed by atoms with E-state index in [1.165, 1.54) is 0 Å². The molecule has 0 spiro atoms. The van der Waals surface area contributed by atoms with Crippen molar-refractivity contribution in [1.82, 2.24) is 15.0 Å². The van der Waals surface area contributed by atoms with Crippen molar-refractivity contribution >= 4 is 12.3 Å². The third-order valence-electron chi connectivity index (χ3n) is 5.82. The van der Waals surface area contributed by atoms with E-state index in [9.17, 15) is 9.59 Å². The first-order valence-corrected chi connectivity index (χ1v) is 9.43. The van der Waals surface area contributed by atoms with E-state index in [1.807, 2.05) is 27.7 Å². The fraction of sp³-hybridized carbons (Fsp3) is 0.364. The van der Waals surface area contributed by atoms with Gasteiger partial charge in [0.2, 0.25) is 0 Å². The lowest BCUT2D eigenvalue weighted by Crippen LogP contribution is -2.06. The number of esters is 1. The molecule has 0 radical (unpaired) electrons. The molecular weight excluding hydrogens is 354 g/mol. The molecule has 3 heterocycles. The molecule has 0 atom stereocenters. The zero-order chi connectivity index (χ0) is 20.7. The molecule has 0 aliphatic carbocycles. The molecule has 0 aliphatic heterocycles. The minimum absolute atomic E-state index is 0.334. The Morgan fingerprint density at radius 2 is 1.21 bits per heavy atom. The van der Waals surface area contributed by atoms with Crippen LogP contribution in [0, 0.1) is 41.5 Å². The highest BCUT2D eigenvalue weighted by Gasteiger charge is 2.23. The predicted octanol–water partition coefficient (Wildman–Crippen LogP) is 4.84. The zero-order valence-electron chi connectivity index (χ0n) is 17.5. The maximum Gasteiger partial charge on any atom is 0.355 e. The number of ether oxygens (including phenoxy) is 1. The molecule has 0 saturated heterocycles. The zero-order valence-corrected chi connectivity index (χ0v) is 17.5. The number of carbonyl (C=O) groups is 2. The number of carbonyl (C=O) groups excluding carboxylic acids is 2. The van der Waals surface area contributed by atoms with Crippen LogP contribution >= 0.6 is 0 Å². The molecule has 148 valence electrons. The van der Waals surface area contributed by atoms with E-state index >= 15 is 0 Å². The number of H-pyrrole nitrogens is 3. The Hall–Kier alpha value is -3.02. The highest BCUT2D eigenvalue weighted by atomic mass is 16.5. The summed E-state index contributed by atoms with van der Waals surface area (Å²) >= 11 is 0. The van der Waals surface area contributed by atoms with Gasteiger partial charge in [-0.3, -0.25) is 4.79 Å². The highest BCUT2D eigenvalue weighted by Crippen LogP contribution is 2.37. The molecule has 0 bridgehead atoms. The SMILES string of the molecule is CCOC(=O)c1[nH]c(-c2[nH]c(-c3[nH]c(C=O)c(C)c3C)c(C)c2C)c(C)c1C. The van der Waals surface area contributed by atoms with Crippen molar-refractivity contribution in [2.75, 3.05) is 6.61 Å². The number of nitrogens with one attached hydrogen (secondary N) is 3. The van der Waals surface area contributed by atoms with E-state index in [1.54, 1.807) is 6.92 Å². The lowest BCUT2D eigenvalue weighted by atomic mass is 10.0. The third-order valence-corrected chi connectivity index (χ3v) is 5.82. The number of hydrogen-bond donors (Lipinski definition) is 3. The fourth-order valence-electron chi connectivity index (χ4n) is 3.61. The molecule has 3 aromatic heterocycles. The molecule has 28 heavy (non-hydrogen) atoms. The highest BCUT2D eigenvalue weighted by molar-refractivity contribution is 5.92. The maximum absolute atomic E-state index is 12.3. The molecule has 6 heteroatoms. The van der Waals surface area contributed by atoms with E-state index in [2.05, 4.69) is 28.8 Å². The average molecular weight is 381 g/mol. The maximum atomic E-state index is 12.3. The van der Waals surface area contributed by atoms with E-state index in [0.29, 0.717) is 18.0 Å². The summed E-state index contributed by atoms with van der Waals surface area (Å²) in [7, 11) is 0. The summed E-state index contributed by atoms with van der Waals surface area (Å²) in [6, 6.07) is 0. The van der Waals surface area contributed by atoms with Crippen LogP contribution in [0.5, 0.6) is 0 Å². The number of hydrogen-bond acceptors (Lipinski definition) is 3. The van der Waals surface area contributed by atoms with Crippen molar-refractivity contribution in [3.8, 4) is 22.8 Å². The van der Waals surface area contributed by atoms with Gasteiger partial charge in [-0.1, -0.05) is 0 Å². The van der Waals surface area contributed by atoms with Gasteiger partial charge in [0.25, 0.3) is 0 Å². The van der Waals surface area contributed by atoms with Gasteiger partial charge in [-0.25, -0.2) is 4.79 Å². The molecule has 0 aromatic carbocycles. The quantitative estimate of drug-likeness (QED) is 0.436. The van der Waals surface area contributed by atoms with Gasteiger partial charge in [-0.2, -0.15) is 0 Å². The molecule has 6 nitrogen and oxygen atoms in total. The summed E-state index contributed by atoms with van der Waals surface area (Å²) in [6.07, 6.45) is 0.849. The molecule has 0 aliphatic rings. The largest absolute Gasteiger partial charge is 0.461 e. The smallest absolute Gasteiger partial charge is 0.355 e. The van der Waals surface area contributed by atoms with Crippen molar-refractivity contribution in [1.29, 1.82) is 0 Å². The monoisotopic (exact) mass is 381 g/mol. The van der Waals surface area contributed by atoms with E-state index < -0.39 is 0 Å². The molecule has 0 saturated carbocycles. The van der Waals surface area contributed by atoms with Crippen LogP contribution in [0.3, 0.4) is 0 Å². The summed E-state index contributed by atoms with van der Waals surface area (Å²) in [5, 5.41) is 0. The average Bonchev–Trinajstić information content (AvgIpc) is 3.23. The number of aromatic nitrogens is 3. The Bertz CT molecular complexity index is 1080. The Labute approximate surface area is 164 Å². The first-order valence-electron chi connectivity index (χ1n) is 9.43. The molecule has 0 amide bonds. The van der Waals surface area contributed by atoms with Crippen LogP contribution in [0.2, 0.25) is 0 Å². The first-order chi connectivity index (χ1) is 13.2. The van der Waals surface area contributed by atoms with Gasteiger partial charge < -0.3 is 19.7 Å². The third kappa shape index (κ3) is 2.89. The topological polar surface area (TPSA) is 90.7 Å². The summed E-state index contributed by atoms with van der Waals surface area (Å²) in [6.45, 7) is 14.1. The van der Waals surface area contributed by atoms with Crippen LogP contribution in [0.15, 0.2) is 0 Å². The Balaban J connectivity index is 2.17. The predicted molar refractivity (Wildman–Crippen MR) is 110 cm³/mol. The molecule has 3 rings (SSSR count). The standard InChI is InChI=1S/C22H27N3O3/c1-8-28-22(27)21-15(7)14(6)20(25-21)19-13(5)12(4)18(24-19)17-11(3)10(2)16(9-26)23-17/h9,23-25H,8H2,1-7H3. The van der Waals surface area contributed by atoms with Gasteiger partial charge in [-0.15, -0.1) is 0 Å². The number of aldehydes is 1. The molecule has 0 fully saturated rings. The first kappa shape index (κ1) is 19.7. The Kier molecular flexibility index (Phi) is 5.06. The van der Waals surface area contributed by atoms with Gasteiger partial charge in [0, 0.05) is 0 Å². The lowest BCUT2D eigenvalue weighted by molar-refractivity contribution is 0.0519. The summed E-state index contributed by atoms with van der Waals surface area (Å²) in [4.78, 5) is 33.6. The summed E-state index contributed by atoms with van der Waals surface area (Å²) in [5.74, 6) is -0.345. The van der Waals surface area contributed by atoms with Crippen molar-refractivity contribution in [3.05, 3.63) is 44.8 Å². The second kappa shape index (κ2) is 7.19. The molecule has 3 aromatic rings. The van der Waals surface area contributed by atoms with Crippen molar-refractivity contribution in [2.45, 2.75) is 48.5 Å². The van der Waals surface area contributed by atoms with Gasteiger partial charge in [-0.05, 0) is 81.8 Å². The Morgan fingerprint density at radius 1 is 0.750 bits per heavy atom.